The van der Waals surface area contributed by atoms with Crippen molar-refractivity contribution in [1.29, 1.82) is 0 Å². The van der Waals surface area contributed by atoms with Gasteiger partial charge in [-0.1, -0.05) is 25.5 Å². The Morgan fingerprint density at radius 1 is 0.958 bits per heavy atom. The first kappa shape index (κ1) is 18.5. The average Bonchev–Trinajstić information content (AvgIpc) is 3.07. The van der Waals surface area contributed by atoms with E-state index < -0.39 is 0 Å². The summed E-state index contributed by atoms with van der Waals surface area (Å²) in [4.78, 5) is 4.14. The minimum atomic E-state index is 0.518. The molecule has 3 heteroatoms. The predicted molar refractivity (Wildman–Crippen MR) is 105 cm³/mol. The molecule has 3 aromatic rings. The quantitative estimate of drug-likeness (QED) is 0.609. The largest absolute Gasteiger partial charge is 0.507 e. The Bertz CT molecular complexity index is 761. The van der Waals surface area contributed by atoms with Crippen LogP contribution in [0.25, 0.3) is 10.2 Å². The molecule has 0 aliphatic heterocycles. The van der Waals surface area contributed by atoms with Crippen LogP contribution in [0.3, 0.4) is 0 Å². The van der Waals surface area contributed by atoms with Gasteiger partial charge in [0.15, 0.2) is 0 Å². The van der Waals surface area contributed by atoms with Gasteiger partial charge in [-0.2, -0.15) is 0 Å². The molecular weight excluding hydrogens is 314 g/mol. The van der Waals surface area contributed by atoms with Crippen LogP contribution in [-0.2, 0) is 6.42 Å². The van der Waals surface area contributed by atoms with Crippen molar-refractivity contribution in [2.45, 2.75) is 53.9 Å². The number of unbranched alkanes of at least 4 members (excludes halogenated alkanes) is 1. The molecule has 0 radical (unpaired) electrons. The number of thiazole rings is 1. The summed E-state index contributed by atoms with van der Waals surface area (Å²) in [7, 11) is 0. The summed E-state index contributed by atoms with van der Waals surface area (Å²) in [6.45, 7) is 10.5. The Hall–Kier alpha value is -1.87. The minimum absolute atomic E-state index is 0.518. The fourth-order valence-corrected chi connectivity index (χ4v) is 3.51. The van der Waals surface area contributed by atoms with Gasteiger partial charge in [-0.05, 0) is 80.5 Å². The molecule has 1 N–H and O–H groups in total. The van der Waals surface area contributed by atoms with Crippen molar-refractivity contribution in [1.82, 2.24) is 4.98 Å². The normalized spacial score (nSPS) is 10.5. The highest BCUT2D eigenvalue weighted by molar-refractivity contribution is 7.16. The molecule has 0 fully saturated rings. The number of phenols is 1. The first-order valence-corrected chi connectivity index (χ1v) is 9.41. The third kappa shape index (κ3) is 3.96. The lowest BCUT2D eigenvalue weighted by Crippen LogP contribution is -1.99. The van der Waals surface area contributed by atoms with Crippen molar-refractivity contribution in [2.75, 3.05) is 0 Å². The zero-order valence-corrected chi connectivity index (χ0v) is 16.1. The number of hydrogen-bond donors (Lipinski definition) is 1. The molecule has 1 heterocycles. The van der Waals surface area contributed by atoms with E-state index in [1.54, 1.807) is 11.3 Å². The maximum Gasteiger partial charge on any atom is 0.122 e. The Morgan fingerprint density at radius 2 is 1.62 bits per heavy atom. The van der Waals surface area contributed by atoms with Gasteiger partial charge in [-0.3, -0.25) is 0 Å². The summed E-state index contributed by atoms with van der Waals surface area (Å²) >= 11 is 1.68. The molecule has 2 nitrogen and oxygen atoms in total. The van der Waals surface area contributed by atoms with E-state index in [0.29, 0.717) is 5.75 Å². The van der Waals surface area contributed by atoms with Crippen LogP contribution in [0.2, 0.25) is 0 Å². The number of nitrogens with zero attached hydrogens (tertiary/aromatic N) is 1. The molecule has 3 rings (SSSR count). The summed E-state index contributed by atoms with van der Waals surface area (Å²) in [5.41, 5.74) is 8.99. The number of aromatic nitrogens is 1. The fourth-order valence-electron chi connectivity index (χ4n) is 2.83. The Labute approximate surface area is 149 Å². The third-order valence-corrected chi connectivity index (χ3v) is 5.61. The number of rotatable bonds is 3. The molecule has 0 aliphatic rings. The van der Waals surface area contributed by atoms with E-state index in [2.05, 4.69) is 38.7 Å². The molecule has 24 heavy (non-hydrogen) atoms. The van der Waals surface area contributed by atoms with Crippen LogP contribution in [0.1, 0.15) is 47.6 Å². The number of fused-ring (bicyclic) bond motifs is 1. The lowest BCUT2D eigenvalue weighted by Gasteiger charge is -2.16. The fraction of sp³-hybridized carbons (Fsp3) is 0.381. The van der Waals surface area contributed by atoms with Gasteiger partial charge in [-0.15, -0.1) is 11.3 Å². The first-order valence-electron chi connectivity index (χ1n) is 8.53. The standard InChI is InChI=1S/C14H22O.C7H5NS/c1-6-7-8-13-11(4)9(2)10(3)12(5)14(13)15;1-2-4-7-6(3-1)8-5-9-7/h15H,6-8H2,1-5H3;1-5H. The van der Waals surface area contributed by atoms with Gasteiger partial charge in [0.25, 0.3) is 0 Å². The van der Waals surface area contributed by atoms with E-state index in [1.165, 1.54) is 27.8 Å². The second-order valence-corrected chi connectivity index (χ2v) is 7.14. The van der Waals surface area contributed by atoms with E-state index in [-0.39, 0.29) is 0 Å². The number of hydrogen-bond acceptors (Lipinski definition) is 3. The summed E-state index contributed by atoms with van der Waals surface area (Å²) in [6.07, 6.45) is 3.32. The second kappa shape index (κ2) is 8.29. The molecule has 0 aliphatic carbocycles. The number of benzene rings is 2. The van der Waals surface area contributed by atoms with E-state index in [9.17, 15) is 5.11 Å². The maximum absolute atomic E-state index is 10.1. The first-order chi connectivity index (χ1) is 11.5. The molecule has 0 saturated carbocycles. The number of aromatic hydroxyl groups is 1. The molecule has 2 aromatic carbocycles. The number of phenolic OH excluding ortho intramolecular Hbond substituents is 1. The van der Waals surface area contributed by atoms with E-state index in [0.717, 1.165) is 29.5 Å². The lowest BCUT2D eigenvalue weighted by molar-refractivity contribution is 0.461. The Morgan fingerprint density at radius 3 is 2.29 bits per heavy atom. The van der Waals surface area contributed by atoms with Crippen molar-refractivity contribution < 1.29 is 5.11 Å². The Balaban J connectivity index is 0.000000194. The average molecular weight is 342 g/mol. The van der Waals surface area contributed by atoms with Gasteiger partial charge in [0, 0.05) is 0 Å². The highest BCUT2D eigenvalue weighted by atomic mass is 32.1. The summed E-state index contributed by atoms with van der Waals surface area (Å²) in [5, 5.41) is 10.1. The summed E-state index contributed by atoms with van der Waals surface area (Å²) in [5.74, 6) is 0.518. The van der Waals surface area contributed by atoms with Crippen molar-refractivity contribution in [3.8, 4) is 5.75 Å². The third-order valence-electron chi connectivity index (χ3n) is 4.80. The van der Waals surface area contributed by atoms with E-state index in [1.807, 2.05) is 30.6 Å². The van der Waals surface area contributed by atoms with Gasteiger partial charge < -0.3 is 5.11 Å². The molecule has 1 aromatic heterocycles. The van der Waals surface area contributed by atoms with Gasteiger partial charge in [-0.25, -0.2) is 4.98 Å². The van der Waals surface area contributed by atoms with Crippen LogP contribution < -0.4 is 0 Å². The van der Waals surface area contributed by atoms with Crippen molar-refractivity contribution >= 4 is 21.6 Å². The maximum atomic E-state index is 10.1. The van der Waals surface area contributed by atoms with Gasteiger partial charge in [0.2, 0.25) is 0 Å². The van der Waals surface area contributed by atoms with Crippen molar-refractivity contribution in [3.05, 3.63) is 57.6 Å². The van der Waals surface area contributed by atoms with Gasteiger partial charge in [0.1, 0.15) is 5.75 Å². The second-order valence-electron chi connectivity index (χ2n) is 6.25. The molecule has 0 amide bonds. The van der Waals surface area contributed by atoms with Crippen LogP contribution in [-0.4, -0.2) is 10.1 Å². The minimum Gasteiger partial charge on any atom is -0.507 e. The van der Waals surface area contributed by atoms with E-state index >= 15 is 0 Å². The highest BCUT2D eigenvalue weighted by Gasteiger charge is 2.13. The zero-order valence-electron chi connectivity index (χ0n) is 15.3. The molecule has 0 saturated heterocycles. The monoisotopic (exact) mass is 341 g/mol. The summed E-state index contributed by atoms with van der Waals surface area (Å²) in [6, 6.07) is 8.13. The lowest BCUT2D eigenvalue weighted by atomic mass is 9.91. The SMILES string of the molecule is CCCCc1c(C)c(C)c(C)c(C)c1O.c1ccc2scnc2c1. The molecule has 0 spiro atoms. The molecule has 128 valence electrons. The number of para-hydroxylation sites is 1. The van der Waals surface area contributed by atoms with E-state index in [4.69, 9.17) is 0 Å². The van der Waals surface area contributed by atoms with Crippen molar-refractivity contribution in [2.24, 2.45) is 0 Å². The smallest absolute Gasteiger partial charge is 0.122 e. The van der Waals surface area contributed by atoms with Crippen LogP contribution in [0.4, 0.5) is 0 Å². The molecule has 0 unspecified atom stereocenters. The van der Waals surface area contributed by atoms with Crippen molar-refractivity contribution in [3.63, 3.8) is 0 Å². The van der Waals surface area contributed by atoms with Crippen LogP contribution in [0.15, 0.2) is 29.8 Å². The van der Waals surface area contributed by atoms with Gasteiger partial charge >= 0.3 is 0 Å². The molecular formula is C21H27NOS. The topological polar surface area (TPSA) is 33.1 Å². The highest BCUT2D eigenvalue weighted by Crippen LogP contribution is 2.32. The molecule has 0 atom stereocenters. The van der Waals surface area contributed by atoms with Crippen LogP contribution in [0.5, 0.6) is 5.75 Å². The van der Waals surface area contributed by atoms with Crippen LogP contribution >= 0.6 is 11.3 Å². The zero-order chi connectivity index (χ0) is 17.7. The Kier molecular flexibility index (Phi) is 6.38. The summed E-state index contributed by atoms with van der Waals surface area (Å²) < 4.78 is 1.26. The predicted octanol–water partition coefficient (Wildman–Crippen LogP) is 6.26. The van der Waals surface area contributed by atoms with Gasteiger partial charge in [0.05, 0.1) is 15.7 Å². The molecule has 0 bridgehead atoms. The van der Waals surface area contributed by atoms with Crippen LogP contribution in [0, 0.1) is 27.7 Å².